The zero-order valence-corrected chi connectivity index (χ0v) is 20.4. The number of hydrogen-bond acceptors (Lipinski definition) is 7. The van der Waals surface area contributed by atoms with Gasteiger partial charge in [0.1, 0.15) is 17.3 Å². The van der Waals surface area contributed by atoms with Gasteiger partial charge in [0, 0.05) is 48.4 Å². The van der Waals surface area contributed by atoms with Gasteiger partial charge in [0.15, 0.2) is 0 Å². The van der Waals surface area contributed by atoms with Crippen molar-refractivity contribution in [3.8, 4) is 11.1 Å². The van der Waals surface area contributed by atoms with E-state index in [0.717, 1.165) is 12.3 Å². The largest absolute Gasteiger partial charge is 0.393 e. The second kappa shape index (κ2) is 10.3. The van der Waals surface area contributed by atoms with Gasteiger partial charge in [0.05, 0.1) is 15.9 Å². The number of nitro groups is 1. The standard InChI is InChI=1S/C25H23F2N5O4S/c1-29-14-17(13-28)15-2-7-24(25(10-15)32(33)34)30-19-8-16(22-6-3-18(26)11-23(22)27)9-20(12-19)31-37(35,36)21-4-5-21/h2-3,6-14,21,28-31H,4-5H2,1H3/b17-14+,28-13?. The van der Waals surface area contributed by atoms with Crippen molar-refractivity contribution in [1.29, 1.82) is 5.41 Å². The molecule has 0 saturated heterocycles. The molecular formula is C25H23F2N5O4S. The quantitative estimate of drug-likeness (QED) is 0.158. The van der Waals surface area contributed by atoms with Gasteiger partial charge in [-0.25, -0.2) is 17.2 Å². The molecule has 3 aromatic carbocycles. The molecule has 4 N–H and O–H groups in total. The summed E-state index contributed by atoms with van der Waals surface area (Å²) in [5, 5.41) is 24.6. The number of sulfonamides is 1. The Kier molecular flexibility index (Phi) is 7.21. The fraction of sp³-hybridized carbons (Fsp3) is 0.160. The first-order chi connectivity index (χ1) is 17.6. The molecule has 0 radical (unpaired) electrons. The molecule has 1 fully saturated rings. The minimum Gasteiger partial charge on any atom is -0.393 e. The minimum atomic E-state index is -3.66. The number of benzene rings is 3. The fourth-order valence-electron chi connectivity index (χ4n) is 3.75. The third kappa shape index (κ3) is 5.92. The maximum Gasteiger partial charge on any atom is 0.293 e. The van der Waals surface area contributed by atoms with E-state index < -0.39 is 31.8 Å². The van der Waals surface area contributed by atoms with Crippen molar-refractivity contribution >= 4 is 44.6 Å². The van der Waals surface area contributed by atoms with Crippen LogP contribution in [0.2, 0.25) is 0 Å². The maximum absolute atomic E-state index is 14.6. The molecule has 0 bridgehead atoms. The normalized spacial score (nSPS) is 13.6. The van der Waals surface area contributed by atoms with Crippen molar-refractivity contribution in [1.82, 2.24) is 5.32 Å². The van der Waals surface area contributed by atoms with E-state index >= 15 is 0 Å². The van der Waals surface area contributed by atoms with Gasteiger partial charge in [-0.1, -0.05) is 6.07 Å². The first-order valence-corrected chi connectivity index (χ1v) is 12.7. The van der Waals surface area contributed by atoms with Crippen molar-refractivity contribution in [3.05, 3.63) is 88.1 Å². The van der Waals surface area contributed by atoms with Crippen LogP contribution in [0, 0.1) is 27.2 Å². The Labute approximate surface area is 211 Å². The predicted octanol–water partition coefficient (Wildman–Crippen LogP) is 5.40. The second-order valence-corrected chi connectivity index (χ2v) is 10.4. The zero-order chi connectivity index (χ0) is 26.7. The molecule has 0 amide bonds. The number of nitrogens with zero attached hydrogens (tertiary/aromatic N) is 1. The van der Waals surface area contributed by atoms with Gasteiger partial charge in [-0.2, -0.15) is 0 Å². The summed E-state index contributed by atoms with van der Waals surface area (Å²) in [6.45, 7) is 0. The molecule has 4 rings (SSSR count). The van der Waals surface area contributed by atoms with Gasteiger partial charge in [0.2, 0.25) is 10.0 Å². The first-order valence-electron chi connectivity index (χ1n) is 11.2. The van der Waals surface area contributed by atoms with Crippen LogP contribution in [0.5, 0.6) is 0 Å². The van der Waals surface area contributed by atoms with Crippen LogP contribution >= 0.6 is 0 Å². The lowest BCUT2D eigenvalue weighted by molar-refractivity contribution is -0.383. The third-order valence-electron chi connectivity index (χ3n) is 5.66. The van der Waals surface area contributed by atoms with Crippen molar-refractivity contribution in [3.63, 3.8) is 0 Å². The summed E-state index contributed by atoms with van der Waals surface area (Å²) in [5.74, 6) is -1.61. The summed E-state index contributed by atoms with van der Waals surface area (Å²) in [7, 11) is -2.03. The van der Waals surface area contributed by atoms with Crippen LogP contribution in [-0.2, 0) is 10.0 Å². The minimum absolute atomic E-state index is 0.0228. The highest BCUT2D eigenvalue weighted by Gasteiger charge is 2.35. The van der Waals surface area contributed by atoms with Gasteiger partial charge in [-0.15, -0.1) is 0 Å². The van der Waals surface area contributed by atoms with E-state index in [1.807, 2.05) is 0 Å². The molecule has 1 saturated carbocycles. The lowest BCUT2D eigenvalue weighted by Crippen LogP contribution is -2.17. The molecule has 3 aromatic rings. The van der Waals surface area contributed by atoms with Gasteiger partial charge < -0.3 is 16.0 Å². The summed E-state index contributed by atoms with van der Waals surface area (Å²) >= 11 is 0. The van der Waals surface area contributed by atoms with Crippen molar-refractivity contribution in [2.24, 2.45) is 0 Å². The number of hydrogen-bond donors (Lipinski definition) is 4. The monoisotopic (exact) mass is 527 g/mol. The lowest BCUT2D eigenvalue weighted by atomic mass is 10.0. The number of rotatable bonds is 10. The Bertz CT molecular complexity index is 1520. The van der Waals surface area contributed by atoms with Crippen LogP contribution in [0.3, 0.4) is 0 Å². The number of anilines is 3. The van der Waals surface area contributed by atoms with Gasteiger partial charge >= 0.3 is 0 Å². The van der Waals surface area contributed by atoms with Crippen molar-refractivity contribution in [2.75, 3.05) is 17.1 Å². The molecule has 9 nitrogen and oxygen atoms in total. The molecule has 0 spiro atoms. The van der Waals surface area contributed by atoms with Gasteiger partial charge in [-0.3, -0.25) is 14.8 Å². The summed E-state index contributed by atoms with van der Waals surface area (Å²) < 4.78 is 55.6. The first kappa shape index (κ1) is 25.8. The highest BCUT2D eigenvalue weighted by Crippen LogP contribution is 2.36. The molecule has 192 valence electrons. The Morgan fingerprint density at radius 3 is 2.43 bits per heavy atom. The lowest BCUT2D eigenvalue weighted by Gasteiger charge is -2.15. The number of allylic oxidation sites excluding steroid dienone is 1. The van der Waals surface area contributed by atoms with E-state index in [2.05, 4.69) is 15.4 Å². The van der Waals surface area contributed by atoms with Crippen LogP contribution in [-0.4, -0.2) is 31.9 Å². The molecule has 1 aliphatic carbocycles. The van der Waals surface area contributed by atoms with E-state index in [-0.39, 0.29) is 33.9 Å². The van der Waals surface area contributed by atoms with E-state index in [1.165, 1.54) is 42.6 Å². The molecule has 12 heteroatoms. The molecule has 1 aliphatic rings. The molecule has 0 aromatic heterocycles. The van der Waals surface area contributed by atoms with Crippen LogP contribution in [0.4, 0.5) is 31.5 Å². The number of halogens is 2. The molecule has 0 heterocycles. The topological polar surface area (TPSA) is 137 Å². The Balaban J connectivity index is 1.78. The smallest absolute Gasteiger partial charge is 0.293 e. The van der Waals surface area contributed by atoms with Crippen LogP contribution in [0.15, 0.2) is 60.8 Å². The van der Waals surface area contributed by atoms with Crippen molar-refractivity contribution < 1.29 is 22.1 Å². The predicted molar refractivity (Wildman–Crippen MR) is 140 cm³/mol. The highest BCUT2D eigenvalue weighted by molar-refractivity contribution is 7.93. The van der Waals surface area contributed by atoms with E-state index in [4.69, 9.17) is 5.41 Å². The summed E-state index contributed by atoms with van der Waals surface area (Å²) in [4.78, 5) is 11.2. The van der Waals surface area contributed by atoms with E-state index in [0.29, 0.717) is 30.0 Å². The Morgan fingerprint density at radius 1 is 1.08 bits per heavy atom. The maximum atomic E-state index is 14.6. The van der Waals surface area contributed by atoms with Crippen LogP contribution in [0.25, 0.3) is 16.7 Å². The van der Waals surface area contributed by atoms with E-state index in [1.54, 1.807) is 13.1 Å². The molecule has 0 atom stereocenters. The SMILES string of the molecule is CN/C=C(\C=N)c1ccc(Nc2cc(NS(=O)(=O)C3CC3)cc(-c3ccc(F)cc3F)c2)c([N+](=O)[O-])c1. The van der Waals surface area contributed by atoms with Gasteiger partial charge in [0.25, 0.3) is 5.69 Å². The Morgan fingerprint density at radius 2 is 1.81 bits per heavy atom. The average molecular weight is 528 g/mol. The molecule has 0 unspecified atom stereocenters. The summed E-state index contributed by atoms with van der Waals surface area (Å²) in [6, 6.07) is 11.7. The van der Waals surface area contributed by atoms with Crippen LogP contribution < -0.4 is 15.4 Å². The van der Waals surface area contributed by atoms with Crippen molar-refractivity contribution in [2.45, 2.75) is 18.1 Å². The Hall–Kier alpha value is -4.32. The van der Waals surface area contributed by atoms with Gasteiger partial charge in [-0.05, 0) is 60.4 Å². The zero-order valence-electron chi connectivity index (χ0n) is 19.6. The molecule has 0 aliphatic heterocycles. The highest BCUT2D eigenvalue weighted by atomic mass is 32.2. The average Bonchev–Trinajstić information content (AvgIpc) is 3.69. The molecule has 37 heavy (non-hydrogen) atoms. The fourth-order valence-corrected chi connectivity index (χ4v) is 5.12. The summed E-state index contributed by atoms with van der Waals surface area (Å²) in [5.41, 5.74) is 1.27. The molecular weight excluding hydrogens is 504 g/mol. The number of nitrogens with one attached hydrogen (secondary N) is 4. The van der Waals surface area contributed by atoms with E-state index in [9.17, 15) is 27.3 Å². The van der Waals surface area contributed by atoms with Crippen LogP contribution in [0.1, 0.15) is 18.4 Å². The second-order valence-electron chi connectivity index (χ2n) is 8.42. The number of nitro benzene ring substituents is 1. The summed E-state index contributed by atoms with van der Waals surface area (Å²) in [6.07, 6.45) is 3.65. The third-order valence-corrected chi connectivity index (χ3v) is 7.53.